The van der Waals surface area contributed by atoms with Crippen molar-refractivity contribution < 1.29 is 0 Å². The van der Waals surface area contributed by atoms with Crippen LogP contribution in [0.2, 0.25) is 5.02 Å². The van der Waals surface area contributed by atoms with Crippen LogP contribution < -0.4 is 5.32 Å². The second kappa shape index (κ2) is 6.51. The number of nitrogens with zero attached hydrogens (tertiary/aromatic N) is 1. The first kappa shape index (κ1) is 14.5. The summed E-state index contributed by atoms with van der Waals surface area (Å²) < 4.78 is 0.996. The second-order valence-electron chi connectivity index (χ2n) is 4.53. The normalized spacial score (nSPS) is 12.4. The summed E-state index contributed by atoms with van der Waals surface area (Å²) in [4.78, 5) is 4.20. The van der Waals surface area contributed by atoms with Gasteiger partial charge in [-0.15, -0.1) is 0 Å². The number of benzene rings is 1. The van der Waals surface area contributed by atoms with Gasteiger partial charge in [0.15, 0.2) is 0 Å². The lowest BCUT2D eigenvalue weighted by atomic mass is 9.98. The molecule has 1 unspecified atom stereocenters. The van der Waals surface area contributed by atoms with Crippen LogP contribution in [0.4, 0.5) is 0 Å². The van der Waals surface area contributed by atoms with Crippen molar-refractivity contribution in [2.75, 3.05) is 7.05 Å². The maximum Gasteiger partial charge on any atom is 0.0483 e. The molecule has 1 N–H and O–H groups in total. The van der Waals surface area contributed by atoms with E-state index < -0.39 is 0 Å². The van der Waals surface area contributed by atoms with Crippen molar-refractivity contribution in [1.29, 1.82) is 0 Å². The topological polar surface area (TPSA) is 24.9 Å². The Morgan fingerprint density at radius 1 is 1.37 bits per heavy atom. The number of nitrogens with one attached hydrogen (secondary N) is 1. The van der Waals surface area contributed by atoms with Crippen molar-refractivity contribution >= 4 is 27.5 Å². The Kier molecular flexibility index (Phi) is 4.97. The van der Waals surface area contributed by atoms with Crippen molar-refractivity contribution in [3.8, 4) is 0 Å². The number of rotatable bonds is 4. The fourth-order valence-electron chi connectivity index (χ4n) is 2.11. The number of hydrogen-bond donors (Lipinski definition) is 1. The first-order valence-corrected chi connectivity index (χ1v) is 7.30. The van der Waals surface area contributed by atoms with Gasteiger partial charge in [-0.1, -0.05) is 29.8 Å². The molecular formula is C15H16BrClN2. The van der Waals surface area contributed by atoms with E-state index in [1.165, 1.54) is 5.56 Å². The minimum absolute atomic E-state index is 0.184. The van der Waals surface area contributed by atoms with Crippen LogP contribution in [-0.2, 0) is 6.42 Å². The molecule has 1 atom stereocenters. The molecule has 0 bridgehead atoms. The van der Waals surface area contributed by atoms with Gasteiger partial charge in [-0.05, 0) is 59.1 Å². The van der Waals surface area contributed by atoms with Gasteiger partial charge in [-0.2, -0.15) is 0 Å². The summed E-state index contributed by atoms with van der Waals surface area (Å²) in [5.41, 5.74) is 3.40. The molecule has 2 aromatic rings. The minimum atomic E-state index is 0.184. The molecule has 0 saturated carbocycles. The molecule has 19 heavy (non-hydrogen) atoms. The zero-order chi connectivity index (χ0) is 13.8. The van der Waals surface area contributed by atoms with E-state index in [-0.39, 0.29) is 6.04 Å². The molecule has 0 saturated heterocycles. The van der Waals surface area contributed by atoms with Crippen molar-refractivity contribution in [2.45, 2.75) is 19.4 Å². The molecule has 0 spiro atoms. The van der Waals surface area contributed by atoms with E-state index in [2.05, 4.69) is 38.4 Å². The molecule has 4 heteroatoms. The van der Waals surface area contributed by atoms with E-state index in [1.54, 1.807) is 6.20 Å². The van der Waals surface area contributed by atoms with Crippen LogP contribution in [0.25, 0.3) is 0 Å². The van der Waals surface area contributed by atoms with E-state index in [0.29, 0.717) is 0 Å². The van der Waals surface area contributed by atoms with Gasteiger partial charge in [0.25, 0.3) is 0 Å². The standard InChI is InChI=1S/C15H16BrClN2/c1-10-4-3-5-13(15(10)17)14(18-2)7-11-6-12(16)9-19-8-11/h3-6,8-9,14,18H,7H2,1-2H3. The predicted octanol–water partition coefficient (Wildman–Crippen LogP) is 4.31. The zero-order valence-electron chi connectivity index (χ0n) is 11.0. The number of hydrogen-bond acceptors (Lipinski definition) is 2. The van der Waals surface area contributed by atoms with Crippen LogP contribution in [-0.4, -0.2) is 12.0 Å². The molecule has 2 nitrogen and oxygen atoms in total. The molecule has 0 fully saturated rings. The monoisotopic (exact) mass is 338 g/mol. The van der Waals surface area contributed by atoms with E-state index in [1.807, 2.05) is 32.3 Å². The van der Waals surface area contributed by atoms with Crippen molar-refractivity contribution in [3.63, 3.8) is 0 Å². The first-order chi connectivity index (χ1) is 9.11. The smallest absolute Gasteiger partial charge is 0.0483 e. The SMILES string of the molecule is CNC(Cc1cncc(Br)c1)c1cccc(C)c1Cl. The van der Waals surface area contributed by atoms with Gasteiger partial charge in [0.1, 0.15) is 0 Å². The highest BCUT2D eigenvalue weighted by molar-refractivity contribution is 9.10. The molecule has 0 amide bonds. The highest BCUT2D eigenvalue weighted by atomic mass is 79.9. The Balaban J connectivity index is 2.28. The van der Waals surface area contributed by atoms with Gasteiger partial charge in [0.05, 0.1) is 0 Å². The number of aryl methyl sites for hydroxylation is 1. The molecule has 0 aliphatic rings. The van der Waals surface area contributed by atoms with Crippen LogP contribution in [0.5, 0.6) is 0 Å². The lowest BCUT2D eigenvalue weighted by molar-refractivity contribution is 0.591. The van der Waals surface area contributed by atoms with E-state index in [9.17, 15) is 0 Å². The Bertz CT molecular complexity index is 572. The van der Waals surface area contributed by atoms with E-state index in [4.69, 9.17) is 11.6 Å². The highest BCUT2D eigenvalue weighted by Gasteiger charge is 2.14. The summed E-state index contributed by atoms with van der Waals surface area (Å²) in [5.74, 6) is 0. The molecule has 0 radical (unpaired) electrons. The Labute approximate surface area is 127 Å². The molecule has 1 heterocycles. The van der Waals surface area contributed by atoms with Gasteiger partial charge >= 0.3 is 0 Å². The third-order valence-electron chi connectivity index (χ3n) is 3.15. The summed E-state index contributed by atoms with van der Waals surface area (Å²) in [6, 6.07) is 8.41. The van der Waals surface area contributed by atoms with Crippen molar-refractivity contribution in [2.24, 2.45) is 0 Å². The van der Waals surface area contributed by atoms with Gasteiger partial charge in [-0.3, -0.25) is 4.98 Å². The Hall–Kier alpha value is -0.900. The number of likely N-dealkylation sites (N-methyl/N-ethyl adjacent to an activating group) is 1. The average molecular weight is 340 g/mol. The minimum Gasteiger partial charge on any atom is -0.313 e. The van der Waals surface area contributed by atoms with Crippen LogP contribution in [0.3, 0.4) is 0 Å². The number of halogens is 2. The average Bonchev–Trinajstić information content (AvgIpc) is 2.40. The largest absolute Gasteiger partial charge is 0.313 e. The maximum atomic E-state index is 6.40. The van der Waals surface area contributed by atoms with Crippen molar-refractivity contribution in [3.05, 3.63) is 62.8 Å². The van der Waals surface area contributed by atoms with Gasteiger partial charge in [0.2, 0.25) is 0 Å². The summed E-state index contributed by atoms with van der Waals surface area (Å²) in [7, 11) is 1.95. The Morgan fingerprint density at radius 3 is 2.84 bits per heavy atom. The molecule has 1 aromatic heterocycles. The predicted molar refractivity (Wildman–Crippen MR) is 83.6 cm³/mol. The Morgan fingerprint density at radius 2 is 2.16 bits per heavy atom. The van der Waals surface area contributed by atoms with Crippen molar-refractivity contribution in [1.82, 2.24) is 10.3 Å². The highest BCUT2D eigenvalue weighted by Crippen LogP contribution is 2.28. The van der Waals surface area contributed by atoms with Crippen LogP contribution in [0.15, 0.2) is 41.1 Å². The fourth-order valence-corrected chi connectivity index (χ4v) is 2.78. The summed E-state index contributed by atoms with van der Waals surface area (Å²) in [5, 5.41) is 4.16. The van der Waals surface area contributed by atoms with Gasteiger partial charge in [0, 0.05) is 27.9 Å². The summed E-state index contributed by atoms with van der Waals surface area (Å²) >= 11 is 9.85. The van der Waals surface area contributed by atoms with Gasteiger partial charge in [-0.25, -0.2) is 0 Å². The summed E-state index contributed by atoms with van der Waals surface area (Å²) in [6.45, 7) is 2.03. The van der Waals surface area contributed by atoms with Gasteiger partial charge < -0.3 is 5.32 Å². The van der Waals surface area contributed by atoms with Crippen LogP contribution >= 0.6 is 27.5 Å². The summed E-state index contributed by atoms with van der Waals surface area (Å²) in [6.07, 6.45) is 4.53. The van der Waals surface area contributed by atoms with Crippen LogP contribution in [0.1, 0.15) is 22.7 Å². The maximum absolute atomic E-state index is 6.40. The molecule has 0 aliphatic carbocycles. The second-order valence-corrected chi connectivity index (χ2v) is 5.83. The van der Waals surface area contributed by atoms with E-state index >= 15 is 0 Å². The molecule has 1 aromatic carbocycles. The first-order valence-electron chi connectivity index (χ1n) is 6.13. The molecule has 2 rings (SSSR count). The van der Waals surface area contributed by atoms with Crippen LogP contribution in [0, 0.1) is 6.92 Å². The lowest BCUT2D eigenvalue weighted by Gasteiger charge is -2.19. The fraction of sp³-hybridized carbons (Fsp3) is 0.267. The lowest BCUT2D eigenvalue weighted by Crippen LogP contribution is -2.19. The molecular weight excluding hydrogens is 324 g/mol. The third-order valence-corrected chi connectivity index (χ3v) is 4.10. The number of aromatic nitrogens is 1. The van der Waals surface area contributed by atoms with E-state index in [0.717, 1.165) is 27.0 Å². The number of pyridine rings is 1. The quantitative estimate of drug-likeness (QED) is 0.898. The third kappa shape index (κ3) is 3.56. The molecule has 0 aliphatic heterocycles. The molecule has 100 valence electrons. The zero-order valence-corrected chi connectivity index (χ0v) is 13.3.